The predicted octanol–water partition coefficient (Wildman–Crippen LogP) is 7.50. The molecule has 3 atom stereocenters. The van der Waals surface area contributed by atoms with Crippen molar-refractivity contribution in [1.82, 2.24) is 0 Å². The second-order valence-corrected chi connectivity index (χ2v) is 10.2. The number of hydrogen-bond acceptors (Lipinski definition) is 2. The molecule has 3 unspecified atom stereocenters. The molecule has 2 aliphatic carbocycles. The first kappa shape index (κ1) is 20.5. The molecule has 0 radical (unpaired) electrons. The first-order valence-electron chi connectivity index (χ1n) is 10.8. The molecule has 0 spiro atoms. The number of aryl methyl sites for hydroxylation is 2. The molecular formula is C26H31ClO2. The minimum Gasteiger partial charge on any atom is -0.457 e. The number of ether oxygens (including phenoxy) is 1. The highest BCUT2D eigenvalue weighted by Crippen LogP contribution is 2.64. The van der Waals surface area contributed by atoms with Gasteiger partial charge in [-0.3, -0.25) is 4.79 Å². The van der Waals surface area contributed by atoms with E-state index in [-0.39, 0.29) is 22.7 Å². The zero-order valence-electron chi connectivity index (χ0n) is 18.1. The molecule has 0 heterocycles. The zero-order valence-corrected chi connectivity index (χ0v) is 18.9. The molecule has 0 amide bonds. The number of halogens is 1. The molecule has 2 aromatic carbocycles. The van der Waals surface area contributed by atoms with Crippen molar-refractivity contribution in [1.29, 1.82) is 0 Å². The van der Waals surface area contributed by atoms with Crippen LogP contribution in [0.1, 0.15) is 69.6 Å². The van der Waals surface area contributed by atoms with Crippen molar-refractivity contribution in [3.8, 4) is 11.5 Å². The number of carbonyl (C=O) groups excluding carboxylic acids is 1. The summed E-state index contributed by atoms with van der Waals surface area (Å²) in [5.41, 5.74) is 3.73. The number of hydrogen-bond donors (Lipinski definition) is 0. The second-order valence-electron chi connectivity index (χ2n) is 9.76. The molecule has 0 saturated heterocycles. The van der Waals surface area contributed by atoms with Crippen LogP contribution in [0.5, 0.6) is 11.5 Å². The predicted molar refractivity (Wildman–Crippen MR) is 119 cm³/mol. The van der Waals surface area contributed by atoms with Gasteiger partial charge < -0.3 is 4.74 Å². The van der Waals surface area contributed by atoms with E-state index >= 15 is 0 Å². The monoisotopic (exact) mass is 410 g/mol. The number of carbonyl (C=O) groups is 1. The van der Waals surface area contributed by atoms with Crippen molar-refractivity contribution < 1.29 is 9.53 Å². The molecule has 29 heavy (non-hydrogen) atoms. The van der Waals surface area contributed by atoms with Crippen LogP contribution in [0.15, 0.2) is 36.4 Å². The van der Waals surface area contributed by atoms with Crippen molar-refractivity contribution >= 4 is 17.4 Å². The fraction of sp³-hybridized carbons (Fsp3) is 0.500. The van der Waals surface area contributed by atoms with E-state index in [1.54, 1.807) is 0 Å². The molecule has 2 saturated carbocycles. The third-order valence-electron chi connectivity index (χ3n) is 8.01. The smallest absolute Gasteiger partial charge is 0.143 e. The van der Waals surface area contributed by atoms with Crippen LogP contribution < -0.4 is 4.74 Å². The van der Waals surface area contributed by atoms with Gasteiger partial charge in [-0.15, -0.1) is 0 Å². The Morgan fingerprint density at radius 3 is 2.48 bits per heavy atom. The van der Waals surface area contributed by atoms with E-state index in [0.717, 1.165) is 48.3 Å². The average Bonchev–Trinajstić information content (AvgIpc) is 2.81. The second kappa shape index (κ2) is 7.16. The summed E-state index contributed by atoms with van der Waals surface area (Å²) in [7, 11) is 0. The standard InChI is InChI=1S/C26H31ClO2/c1-6-17-8-10-18(29-19-9-7-16(2)23(27)14-19)13-20(17)21-15-26(5)12-11-22(24(21)28)25(26,3)4/h7-10,13-14,21-22H,6,11-12,15H2,1-5H3. The van der Waals surface area contributed by atoms with Gasteiger partial charge >= 0.3 is 0 Å². The fourth-order valence-electron chi connectivity index (χ4n) is 5.54. The highest BCUT2D eigenvalue weighted by atomic mass is 35.5. The molecule has 2 nitrogen and oxygen atoms in total. The van der Waals surface area contributed by atoms with E-state index in [2.05, 4.69) is 39.8 Å². The molecule has 4 rings (SSSR count). The molecule has 0 aliphatic heterocycles. The first-order valence-corrected chi connectivity index (χ1v) is 11.1. The normalized spacial score (nSPS) is 27.9. The molecule has 0 aromatic heterocycles. The highest BCUT2D eigenvalue weighted by molar-refractivity contribution is 6.31. The molecule has 2 fully saturated rings. The lowest BCUT2D eigenvalue weighted by Crippen LogP contribution is -2.45. The van der Waals surface area contributed by atoms with Gasteiger partial charge in [0.2, 0.25) is 0 Å². The number of fused-ring (bicyclic) bond motifs is 2. The maximum Gasteiger partial charge on any atom is 0.143 e. The van der Waals surface area contributed by atoms with E-state index in [1.165, 1.54) is 5.56 Å². The minimum atomic E-state index is -0.0272. The largest absolute Gasteiger partial charge is 0.457 e. The summed E-state index contributed by atoms with van der Waals surface area (Å²) in [6, 6.07) is 12.0. The summed E-state index contributed by atoms with van der Waals surface area (Å²) in [4.78, 5) is 13.5. The van der Waals surface area contributed by atoms with Crippen molar-refractivity contribution in [3.63, 3.8) is 0 Å². The van der Waals surface area contributed by atoms with E-state index in [0.29, 0.717) is 10.8 Å². The Balaban J connectivity index is 1.69. The van der Waals surface area contributed by atoms with Crippen molar-refractivity contribution in [2.45, 2.75) is 66.2 Å². The van der Waals surface area contributed by atoms with E-state index in [9.17, 15) is 4.79 Å². The number of benzene rings is 2. The summed E-state index contributed by atoms with van der Waals surface area (Å²) in [6.45, 7) is 11.1. The van der Waals surface area contributed by atoms with E-state index in [1.807, 2.05) is 31.2 Å². The van der Waals surface area contributed by atoms with Gasteiger partial charge in [-0.05, 0) is 84.4 Å². The highest BCUT2D eigenvalue weighted by Gasteiger charge is 2.59. The molecule has 3 heteroatoms. The zero-order chi connectivity index (χ0) is 21.0. The topological polar surface area (TPSA) is 26.3 Å². The molecule has 154 valence electrons. The number of ketones is 1. The number of Topliss-reactive ketones (excluding diaryl/α,β-unsaturated/α-hetero) is 1. The maximum absolute atomic E-state index is 13.5. The quantitative estimate of drug-likeness (QED) is 0.521. The van der Waals surface area contributed by atoms with Crippen molar-refractivity contribution in [2.75, 3.05) is 0 Å². The van der Waals surface area contributed by atoms with Gasteiger partial charge in [0.15, 0.2) is 0 Å². The van der Waals surface area contributed by atoms with Gasteiger partial charge in [-0.2, -0.15) is 0 Å². The summed E-state index contributed by atoms with van der Waals surface area (Å²) in [5, 5.41) is 0.696. The summed E-state index contributed by atoms with van der Waals surface area (Å²) in [5.74, 6) is 2.05. The summed E-state index contributed by atoms with van der Waals surface area (Å²) < 4.78 is 6.12. The van der Waals surface area contributed by atoms with Gasteiger partial charge in [0.25, 0.3) is 0 Å². The summed E-state index contributed by atoms with van der Waals surface area (Å²) in [6.07, 6.45) is 4.02. The number of rotatable bonds is 4. The Kier molecular flexibility index (Phi) is 5.06. The van der Waals surface area contributed by atoms with E-state index in [4.69, 9.17) is 16.3 Å². The Morgan fingerprint density at radius 2 is 1.79 bits per heavy atom. The lowest BCUT2D eigenvalue weighted by atomic mass is 9.55. The Labute approximate surface area is 179 Å². The van der Waals surface area contributed by atoms with Crippen LogP contribution in [0.25, 0.3) is 0 Å². The van der Waals surface area contributed by atoms with Crippen LogP contribution in [0.3, 0.4) is 0 Å². The van der Waals surface area contributed by atoms with Crippen LogP contribution in [0.2, 0.25) is 5.02 Å². The van der Waals surface area contributed by atoms with Crippen LogP contribution in [-0.2, 0) is 11.2 Å². The lowest BCUT2D eigenvalue weighted by Gasteiger charge is -2.48. The van der Waals surface area contributed by atoms with Crippen molar-refractivity contribution in [3.05, 3.63) is 58.1 Å². The Morgan fingerprint density at radius 1 is 1.10 bits per heavy atom. The third kappa shape index (κ3) is 3.30. The third-order valence-corrected chi connectivity index (χ3v) is 8.41. The first-order chi connectivity index (χ1) is 13.7. The van der Waals surface area contributed by atoms with Gasteiger partial charge in [-0.25, -0.2) is 0 Å². The van der Waals surface area contributed by atoms with Crippen LogP contribution in [0, 0.1) is 23.7 Å². The van der Waals surface area contributed by atoms with Gasteiger partial charge in [0.05, 0.1) is 0 Å². The molecule has 2 bridgehead atoms. The van der Waals surface area contributed by atoms with Crippen LogP contribution >= 0.6 is 11.6 Å². The Bertz CT molecular complexity index is 961. The van der Waals surface area contributed by atoms with Crippen LogP contribution in [0.4, 0.5) is 0 Å². The minimum absolute atomic E-state index is 0.0272. The molecule has 2 aromatic rings. The lowest BCUT2D eigenvalue weighted by molar-refractivity contribution is -0.134. The van der Waals surface area contributed by atoms with Crippen LogP contribution in [-0.4, -0.2) is 5.78 Å². The summed E-state index contributed by atoms with van der Waals surface area (Å²) >= 11 is 6.26. The van der Waals surface area contributed by atoms with E-state index < -0.39 is 0 Å². The Hall–Kier alpha value is -1.80. The van der Waals surface area contributed by atoms with Gasteiger partial charge in [0.1, 0.15) is 17.3 Å². The molecule has 0 N–H and O–H groups in total. The maximum atomic E-state index is 13.5. The van der Waals surface area contributed by atoms with Gasteiger partial charge in [0, 0.05) is 16.9 Å². The average molecular weight is 411 g/mol. The molecule has 2 aliphatic rings. The van der Waals surface area contributed by atoms with Crippen molar-refractivity contribution in [2.24, 2.45) is 16.7 Å². The fourth-order valence-corrected chi connectivity index (χ4v) is 5.71. The SMILES string of the molecule is CCc1ccc(Oc2ccc(C)c(Cl)c2)cc1C1CC2(C)CCC(C1=O)C2(C)C. The van der Waals surface area contributed by atoms with Gasteiger partial charge in [-0.1, -0.05) is 51.4 Å². The molecular weight excluding hydrogens is 380 g/mol.